The van der Waals surface area contributed by atoms with E-state index in [4.69, 9.17) is 0 Å². The van der Waals surface area contributed by atoms with Crippen LogP contribution in [0.15, 0.2) is 30.3 Å². The Labute approximate surface area is 91.5 Å². The highest BCUT2D eigenvalue weighted by molar-refractivity contribution is 5.24. The first-order chi connectivity index (χ1) is 7.12. The van der Waals surface area contributed by atoms with Crippen molar-refractivity contribution in [1.82, 2.24) is 4.90 Å². The third-order valence-electron chi connectivity index (χ3n) is 3.32. The van der Waals surface area contributed by atoms with Crippen molar-refractivity contribution in [3.8, 4) is 0 Å². The molecule has 1 heterocycles. The predicted octanol–water partition coefficient (Wildman–Crippen LogP) is 1.99. The smallest absolute Gasteiger partial charge is 0.103 e. The summed E-state index contributed by atoms with van der Waals surface area (Å²) in [5.74, 6) is 0. The number of rotatable bonds is 2. The molecule has 1 aromatic rings. The first kappa shape index (κ1) is 10.7. The molecule has 0 spiro atoms. The minimum absolute atomic E-state index is 0.516. The number of benzene rings is 1. The van der Waals surface area contributed by atoms with Crippen LogP contribution in [0.5, 0.6) is 0 Å². The van der Waals surface area contributed by atoms with Crippen molar-refractivity contribution in [2.24, 2.45) is 0 Å². The van der Waals surface area contributed by atoms with E-state index in [1.165, 1.54) is 0 Å². The lowest BCUT2D eigenvalue weighted by molar-refractivity contribution is 0.0425. The number of likely N-dealkylation sites (tertiary alicyclic amines) is 1. The largest absolute Gasteiger partial charge is 0.384 e. The number of hydrogen-bond donors (Lipinski definition) is 1. The first-order valence-electron chi connectivity index (χ1n) is 5.64. The van der Waals surface area contributed by atoms with Crippen LogP contribution in [0.1, 0.15) is 25.8 Å². The van der Waals surface area contributed by atoms with Gasteiger partial charge in [0.25, 0.3) is 0 Å². The van der Waals surface area contributed by atoms with Gasteiger partial charge in [0.15, 0.2) is 0 Å². The van der Waals surface area contributed by atoms with Gasteiger partial charge in [0.05, 0.1) is 0 Å². The van der Waals surface area contributed by atoms with Gasteiger partial charge in [0.2, 0.25) is 0 Å². The molecular weight excluding hydrogens is 186 g/mol. The minimum atomic E-state index is -0.633. The lowest BCUT2D eigenvalue weighted by Gasteiger charge is -2.25. The fourth-order valence-electron chi connectivity index (χ4n) is 2.25. The lowest BCUT2D eigenvalue weighted by atomic mass is 9.93. The zero-order valence-corrected chi connectivity index (χ0v) is 9.48. The fraction of sp³-hybridized carbons (Fsp3) is 0.538. The summed E-state index contributed by atoms with van der Waals surface area (Å²) in [6.45, 7) is 6.10. The highest BCUT2D eigenvalue weighted by atomic mass is 16.3. The zero-order chi connectivity index (χ0) is 10.9. The molecule has 1 aromatic carbocycles. The second-order valence-electron chi connectivity index (χ2n) is 4.71. The molecule has 0 saturated carbocycles. The molecule has 1 N–H and O–H groups in total. The maximum atomic E-state index is 10.5. The van der Waals surface area contributed by atoms with Crippen molar-refractivity contribution in [2.75, 3.05) is 13.1 Å². The van der Waals surface area contributed by atoms with Gasteiger partial charge in [-0.2, -0.15) is 0 Å². The summed E-state index contributed by atoms with van der Waals surface area (Å²) in [6.07, 6.45) is 0.842. The van der Waals surface area contributed by atoms with Crippen molar-refractivity contribution in [1.29, 1.82) is 0 Å². The molecule has 0 aromatic heterocycles. The van der Waals surface area contributed by atoms with E-state index in [0.29, 0.717) is 6.04 Å². The second kappa shape index (κ2) is 3.95. The van der Waals surface area contributed by atoms with Crippen molar-refractivity contribution in [2.45, 2.75) is 31.9 Å². The summed E-state index contributed by atoms with van der Waals surface area (Å²) >= 11 is 0. The van der Waals surface area contributed by atoms with Gasteiger partial charge in [-0.15, -0.1) is 0 Å². The normalized spacial score (nSPS) is 27.5. The SMILES string of the molecule is CC(C)N1CCC(O)(c2ccccc2)C1. The van der Waals surface area contributed by atoms with E-state index in [9.17, 15) is 5.11 Å². The molecule has 0 bridgehead atoms. The van der Waals surface area contributed by atoms with Crippen LogP contribution < -0.4 is 0 Å². The van der Waals surface area contributed by atoms with Gasteiger partial charge in [-0.1, -0.05) is 30.3 Å². The Kier molecular flexibility index (Phi) is 2.81. The highest BCUT2D eigenvalue weighted by Gasteiger charge is 2.38. The quantitative estimate of drug-likeness (QED) is 0.798. The van der Waals surface area contributed by atoms with E-state index >= 15 is 0 Å². The van der Waals surface area contributed by atoms with Crippen LogP contribution in [0.3, 0.4) is 0 Å². The molecule has 1 atom stereocenters. The summed E-state index contributed by atoms with van der Waals surface area (Å²) in [5.41, 5.74) is 0.416. The molecule has 0 aliphatic carbocycles. The lowest BCUT2D eigenvalue weighted by Crippen LogP contribution is -2.34. The highest BCUT2D eigenvalue weighted by Crippen LogP contribution is 2.32. The first-order valence-corrected chi connectivity index (χ1v) is 5.64. The third-order valence-corrected chi connectivity index (χ3v) is 3.32. The van der Waals surface area contributed by atoms with E-state index in [-0.39, 0.29) is 0 Å². The van der Waals surface area contributed by atoms with E-state index in [1.807, 2.05) is 30.3 Å². The zero-order valence-electron chi connectivity index (χ0n) is 9.48. The molecule has 2 heteroatoms. The molecule has 82 valence electrons. The van der Waals surface area contributed by atoms with Crippen LogP contribution in [0.2, 0.25) is 0 Å². The molecule has 0 amide bonds. The molecule has 1 saturated heterocycles. The Morgan fingerprint density at radius 2 is 1.93 bits per heavy atom. The molecular formula is C13H19NO. The molecule has 15 heavy (non-hydrogen) atoms. The van der Waals surface area contributed by atoms with Gasteiger partial charge >= 0.3 is 0 Å². The summed E-state index contributed by atoms with van der Waals surface area (Å²) in [7, 11) is 0. The monoisotopic (exact) mass is 205 g/mol. The second-order valence-corrected chi connectivity index (χ2v) is 4.71. The van der Waals surface area contributed by atoms with Crippen molar-refractivity contribution in [3.05, 3.63) is 35.9 Å². The molecule has 1 aliphatic rings. The molecule has 1 unspecified atom stereocenters. The maximum Gasteiger partial charge on any atom is 0.103 e. The number of hydrogen-bond acceptors (Lipinski definition) is 2. The molecule has 1 aliphatic heterocycles. The number of β-amino-alcohol motifs (C(OH)–C–C–N with tert-alkyl or cyclic N) is 1. The van der Waals surface area contributed by atoms with Crippen molar-refractivity contribution >= 4 is 0 Å². The summed E-state index contributed by atoms with van der Waals surface area (Å²) < 4.78 is 0. The Morgan fingerprint density at radius 3 is 2.47 bits per heavy atom. The fourth-order valence-corrected chi connectivity index (χ4v) is 2.25. The van der Waals surface area contributed by atoms with Gasteiger partial charge in [-0.05, 0) is 25.8 Å². The number of aliphatic hydroxyl groups is 1. The summed E-state index contributed by atoms with van der Waals surface area (Å²) in [6, 6.07) is 10.5. The van der Waals surface area contributed by atoms with E-state index in [1.54, 1.807) is 0 Å². The Balaban J connectivity index is 2.17. The number of nitrogens with zero attached hydrogens (tertiary/aromatic N) is 1. The van der Waals surface area contributed by atoms with Crippen LogP contribution in [0, 0.1) is 0 Å². The molecule has 2 nitrogen and oxygen atoms in total. The van der Waals surface area contributed by atoms with Crippen LogP contribution in [0.4, 0.5) is 0 Å². The van der Waals surface area contributed by atoms with Crippen LogP contribution in [-0.4, -0.2) is 29.1 Å². The topological polar surface area (TPSA) is 23.5 Å². The van der Waals surface area contributed by atoms with Gasteiger partial charge in [-0.25, -0.2) is 0 Å². The molecule has 2 rings (SSSR count). The van der Waals surface area contributed by atoms with Gasteiger partial charge in [-0.3, -0.25) is 4.90 Å². The van der Waals surface area contributed by atoms with Gasteiger partial charge < -0.3 is 5.11 Å². The van der Waals surface area contributed by atoms with Crippen LogP contribution in [0.25, 0.3) is 0 Å². The Bertz CT molecular complexity index is 323. The Morgan fingerprint density at radius 1 is 1.27 bits per heavy atom. The summed E-state index contributed by atoms with van der Waals surface area (Å²) in [4.78, 5) is 2.33. The van der Waals surface area contributed by atoms with Gasteiger partial charge in [0, 0.05) is 19.1 Å². The minimum Gasteiger partial charge on any atom is -0.384 e. The molecule has 0 radical (unpaired) electrons. The predicted molar refractivity (Wildman–Crippen MR) is 61.7 cm³/mol. The van der Waals surface area contributed by atoms with E-state index in [0.717, 1.165) is 25.1 Å². The van der Waals surface area contributed by atoms with Crippen LogP contribution >= 0.6 is 0 Å². The maximum absolute atomic E-state index is 10.5. The summed E-state index contributed by atoms with van der Waals surface area (Å²) in [5, 5.41) is 10.5. The third kappa shape index (κ3) is 2.06. The average Bonchev–Trinajstić information content (AvgIpc) is 2.64. The van der Waals surface area contributed by atoms with Crippen molar-refractivity contribution in [3.63, 3.8) is 0 Å². The van der Waals surface area contributed by atoms with Crippen LogP contribution in [-0.2, 0) is 5.60 Å². The van der Waals surface area contributed by atoms with E-state index < -0.39 is 5.60 Å². The van der Waals surface area contributed by atoms with Crippen molar-refractivity contribution < 1.29 is 5.11 Å². The molecule has 1 fully saturated rings. The Hall–Kier alpha value is -0.860. The van der Waals surface area contributed by atoms with Gasteiger partial charge in [0.1, 0.15) is 5.60 Å². The van der Waals surface area contributed by atoms with E-state index in [2.05, 4.69) is 18.7 Å². The average molecular weight is 205 g/mol. The standard InChI is InChI=1S/C13H19NO/c1-11(2)14-9-8-13(15,10-14)12-6-4-3-5-7-12/h3-7,11,15H,8-10H2,1-2H3.